The summed E-state index contributed by atoms with van der Waals surface area (Å²) in [5.41, 5.74) is 5.81. The third-order valence-electron chi connectivity index (χ3n) is 4.55. The van der Waals surface area contributed by atoms with Gasteiger partial charge in [0.25, 0.3) is 11.8 Å². The molecular weight excluding hydrogens is 506 g/mol. The highest BCUT2D eigenvalue weighted by Gasteiger charge is 2.26. The van der Waals surface area contributed by atoms with Crippen molar-refractivity contribution in [2.24, 2.45) is 5.73 Å². The van der Waals surface area contributed by atoms with Crippen molar-refractivity contribution in [3.8, 4) is 28.5 Å². The van der Waals surface area contributed by atoms with E-state index >= 15 is 0 Å². The number of aliphatic hydroxyl groups excluding tert-OH is 1. The summed E-state index contributed by atoms with van der Waals surface area (Å²) in [5.74, 6) is -3.43. The van der Waals surface area contributed by atoms with Gasteiger partial charge in [0, 0.05) is 11.1 Å². The Bertz CT molecular complexity index is 1320. The third-order valence-corrected chi connectivity index (χ3v) is 5.09. The van der Waals surface area contributed by atoms with Crippen LogP contribution < -0.4 is 10.5 Å². The van der Waals surface area contributed by atoms with Gasteiger partial charge >= 0.3 is 0 Å². The van der Waals surface area contributed by atoms with Gasteiger partial charge in [0.2, 0.25) is 5.89 Å². The minimum atomic E-state index is -1.30. The third kappa shape index (κ3) is 4.47. The SMILES string of the molecule is Cc1noc(-c2ccc(-c3nc(C(CO)Oc4ccc(F)c(C(N)=O)c4F)oc3Br)cc2)n1. The Balaban J connectivity index is 1.61. The van der Waals surface area contributed by atoms with E-state index in [0.717, 1.165) is 12.1 Å². The van der Waals surface area contributed by atoms with Crippen LogP contribution in [0.5, 0.6) is 5.75 Å². The smallest absolute Gasteiger partial charge is 0.257 e. The Morgan fingerprint density at radius 1 is 1.18 bits per heavy atom. The normalized spacial score (nSPS) is 12.0. The number of carbonyl (C=O) groups excluding carboxylic acids is 1. The predicted octanol–water partition coefficient (Wildman–Crippen LogP) is 3.95. The number of halogens is 3. The van der Waals surface area contributed by atoms with Crippen LogP contribution in [0.25, 0.3) is 22.7 Å². The average Bonchev–Trinajstić information content (AvgIpc) is 3.39. The maximum Gasteiger partial charge on any atom is 0.257 e. The van der Waals surface area contributed by atoms with Crippen LogP contribution in [-0.4, -0.2) is 32.7 Å². The van der Waals surface area contributed by atoms with E-state index in [4.69, 9.17) is 19.4 Å². The highest BCUT2D eigenvalue weighted by molar-refractivity contribution is 9.10. The number of amides is 1. The second kappa shape index (κ2) is 9.08. The van der Waals surface area contributed by atoms with Crippen molar-refractivity contribution in [3.63, 3.8) is 0 Å². The summed E-state index contributed by atoms with van der Waals surface area (Å²) in [6, 6.07) is 8.79. The molecule has 0 radical (unpaired) electrons. The molecule has 1 atom stereocenters. The van der Waals surface area contributed by atoms with E-state index < -0.39 is 41.6 Å². The molecule has 4 aromatic rings. The van der Waals surface area contributed by atoms with Crippen LogP contribution in [0.3, 0.4) is 0 Å². The predicted molar refractivity (Wildman–Crippen MR) is 113 cm³/mol. The van der Waals surface area contributed by atoms with Crippen molar-refractivity contribution in [1.29, 1.82) is 0 Å². The molecule has 2 aromatic carbocycles. The van der Waals surface area contributed by atoms with Gasteiger partial charge in [-0.3, -0.25) is 4.79 Å². The lowest BCUT2D eigenvalue weighted by Crippen LogP contribution is -2.18. The number of carbonyl (C=O) groups is 1. The Morgan fingerprint density at radius 3 is 2.48 bits per heavy atom. The standard InChI is InChI=1S/C21H15BrF2N4O5/c1-9-26-20(33-28-9)11-4-2-10(3-5-11)17-18(22)32-21(27-17)14(8-29)31-13-7-6-12(23)15(16(13)24)19(25)30/h2-7,14,29H,8H2,1H3,(H2,25,30). The first-order valence-electron chi connectivity index (χ1n) is 9.41. The van der Waals surface area contributed by atoms with E-state index in [1.807, 2.05) is 0 Å². The molecule has 0 aliphatic rings. The fourth-order valence-electron chi connectivity index (χ4n) is 2.99. The van der Waals surface area contributed by atoms with Crippen LogP contribution in [0.1, 0.15) is 28.2 Å². The molecule has 9 nitrogen and oxygen atoms in total. The fourth-order valence-corrected chi connectivity index (χ4v) is 3.47. The van der Waals surface area contributed by atoms with E-state index in [1.165, 1.54) is 0 Å². The number of aliphatic hydroxyl groups is 1. The molecule has 1 unspecified atom stereocenters. The molecule has 170 valence electrons. The Hall–Kier alpha value is -3.64. The Kier molecular flexibility index (Phi) is 6.20. The molecule has 0 aliphatic carbocycles. The first-order chi connectivity index (χ1) is 15.8. The number of hydrogen-bond acceptors (Lipinski definition) is 8. The van der Waals surface area contributed by atoms with Gasteiger partial charge in [-0.05, 0) is 47.1 Å². The summed E-state index contributed by atoms with van der Waals surface area (Å²) in [7, 11) is 0. The number of hydrogen-bond donors (Lipinski definition) is 2. The van der Waals surface area contributed by atoms with Crippen molar-refractivity contribution in [2.75, 3.05) is 6.61 Å². The number of nitrogens with two attached hydrogens (primary N) is 1. The second-order valence-electron chi connectivity index (χ2n) is 6.79. The lowest BCUT2D eigenvalue weighted by atomic mass is 10.1. The minimum Gasteiger partial charge on any atom is -0.475 e. The number of primary amides is 1. The van der Waals surface area contributed by atoms with Gasteiger partial charge in [-0.2, -0.15) is 4.98 Å². The Morgan fingerprint density at radius 2 is 1.88 bits per heavy atom. The molecule has 0 fully saturated rings. The molecule has 3 N–H and O–H groups in total. The van der Waals surface area contributed by atoms with Crippen LogP contribution in [0.2, 0.25) is 0 Å². The van der Waals surface area contributed by atoms with E-state index in [9.17, 15) is 18.7 Å². The van der Waals surface area contributed by atoms with Crippen molar-refractivity contribution in [2.45, 2.75) is 13.0 Å². The van der Waals surface area contributed by atoms with Crippen LogP contribution >= 0.6 is 15.9 Å². The lowest BCUT2D eigenvalue weighted by molar-refractivity contribution is 0.0880. The van der Waals surface area contributed by atoms with E-state index in [0.29, 0.717) is 28.5 Å². The molecule has 0 aliphatic heterocycles. The highest BCUT2D eigenvalue weighted by atomic mass is 79.9. The van der Waals surface area contributed by atoms with Gasteiger partial charge in [0.1, 0.15) is 17.1 Å². The molecule has 4 rings (SSSR count). The van der Waals surface area contributed by atoms with Crippen molar-refractivity contribution >= 4 is 21.8 Å². The molecule has 33 heavy (non-hydrogen) atoms. The number of oxazole rings is 1. The lowest BCUT2D eigenvalue weighted by Gasteiger charge is -2.15. The topological polar surface area (TPSA) is 138 Å². The number of aryl methyl sites for hydroxylation is 1. The first-order valence-corrected chi connectivity index (χ1v) is 10.2. The zero-order valence-electron chi connectivity index (χ0n) is 16.9. The van der Waals surface area contributed by atoms with Crippen molar-refractivity contribution in [1.82, 2.24) is 15.1 Å². The van der Waals surface area contributed by atoms with Crippen molar-refractivity contribution < 1.29 is 32.4 Å². The molecule has 12 heteroatoms. The summed E-state index contributed by atoms with van der Waals surface area (Å²) in [5, 5.41) is 13.5. The maximum atomic E-state index is 14.5. The van der Waals surface area contributed by atoms with Crippen molar-refractivity contribution in [3.05, 3.63) is 70.0 Å². The molecule has 0 spiro atoms. The maximum absolute atomic E-state index is 14.5. The number of ether oxygens (including phenoxy) is 1. The summed E-state index contributed by atoms with van der Waals surface area (Å²) in [4.78, 5) is 19.8. The highest BCUT2D eigenvalue weighted by Crippen LogP contribution is 2.34. The molecule has 2 aromatic heterocycles. The largest absolute Gasteiger partial charge is 0.475 e. The number of benzene rings is 2. The number of aromatic nitrogens is 3. The molecule has 0 bridgehead atoms. The van der Waals surface area contributed by atoms with Gasteiger partial charge in [-0.25, -0.2) is 13.8 Å². The van der Waals surface area contributed by atoms with Crippen LogP contribution in [-0.2, 0) is 0 Å². The van der Waals surface area contributed by atoms with Gasteiger partial charge in [0.05, 0.1) is 6.61 Å². The molecule has 0 saturated heterocycles. The summed E-state index contributed by atoms with van der Waals surface area (Å²) in [6.45, 7) is 1.06. The quantitative estimate of drug-likeness (QED) is 0.373. The van der Waals surface area contributed by atoms with Gasteiger partial charge in [-0.1, -0.05) is 17.3 Å². The molecule has 2 heterocycles. The molecule has 1 amide bonds. The van der Waals surface area contributed by atoms with Gasteiger partial charge in [-0.15, -0.1) is 0 Å². The molecule has 0 saturated carbocycles. The zero-order chi connectivity index (χ0) is 23.7. The number of nitrogens with zero attached hydrogens (tertiary/aromatic N) is 3. The fraction of sp³-hybridized carbons (Fsp3) is 0.143. The Labute approximate surface area is 193 Å². The average molecular weight is 521 g/mol. The molecular formula is C21H15BrF2N4O5. The summed E-state index contributed by atoms with van der Waals surface area (Å²) in [6.07, 6.45) is -1.25. The van der Waals surface area contributed by atoms with E-state index in [2.05, 4.69) is 31.1 Å². The minimum absolute atomic E-state index is 0.0830. The summed E-state index contributed by atoms with van der Waals surface area (Å²) >= 11 is 3.27. The van der Waals surface area contributed by atoms with Crippen LogP contribution in [0.15, 0.2) is 50.0 Å². The number of rotatable bonds is 7. The van der Waals surface area contributed by atoms with Gasteiger partial charge in [0.15, 0.2) is 28.2 Å². The van der Waals surface area contributed by atoms with Gasteiger partial charge < -0.3 is 24.5 Å². The monoisotopic (exact) mass is 520 g/mol. The summed E-state index contributed by atoms with van der Waals surface area (Å²) < 4.78 is 44.5. The van der Waals surface area contributed by atoms with E-state index in [1.54, 1.807) is 31.2 Å². The van der Waals surface area contributed by atoms with E-state index in [-0.39, 0.29) is 10.6 Å². The zero-order valence-corrected chi connectivity index (χ0v) is 18.5. The van der Waals surface area contributed by atoms with Crippen LogP contribution in [0.4, 0.5) is 8.78 Å². The second-order valence-corrected chi connectivity index (χ2v) is 7.51. The first kappa shape index (κ1) is 22.6. The van der Waals surface area contributed by atoms with Crippen LogP contribution in [0, 0.1) is 18.6 Å².